The van der Waals surface area contributed by atoms with Crippen molar-refractivity contribution in [2.45, 2.75) is 88.1 Å². The lowest BCUT2D eigenvalue weighted by atomic mass is 9.77. The summed E-state index contributed by atoms with van der Waals surface area (Å²) in [5, 5.41) is 29.4. The lowest BCUT2D eigenvalue weighted by Gasteiger charge is -2.41. The van der Waals surface area contributed by atoms with E-state index in [-0.39, 0.29) is 42.8 Å². The minimum absolute atomic E-state index is 0.0128. The van der Waals surface area contributed by atoms with E-state index < -0.39 is 40.7 Å². The lowest BCUT2D eigenvalue weighted by molar-refractivity contribution is -0.138. The molecule has 1 aliphatic heterocycles. The van der Waals surface area contributed by atoms with Gasteiger partial charge in [-0.1, -0.05) is 12.1 Å². The summed E-state index contributed by atoms with van der Waals surface area (Å²) in [7, 11) is 0. The molecule has 2 aromatic carbocycles. The molecule has 1 saturated heterocycles. The van der Waals surface area contributed by atoms with Gasteiger partial charge in [-0.05, 0) is 76.3 Å². The Labute approximate surface area is 226 Å². The molecule has 0 bridgehead atoms. The van der Waals surface area contributed by atoms with Gasteiger partial charge >= 0.3 is 12.4 Å². The Morgan fingerprint density at radius 1 is 1.00 bits per heavy atom. The highest BCUT2D eigenvalue weighted by Gasteiger charge is 2.44. The molecule has 3 N–H and O–H groups in total. The zero-order valence-electron chi connectivity index (χ0n) is 22.2. The molecule has 6 nitrogen and oxygen atoms in total. The molecular formula is C28H31F6N3O3. The van der Waals surface area contributed by atoms with Crippen LogP contribution in [0.15, 0.2) is 36.4 Å². The van der Waals surface area contributed by atoms with Crippen LogP contribution in [0.1, 0.15) is 68.0 Å². The summed E-state index contributed by atoms with van der Waals surface area (Å²) < 4.78 is 88.7. The zero-order valence-corrected chi connectivity index (χ0v) is 22.2. The van der Waals surface area contributed by atoms with Crippen LogP contribution in [0, 0.1) is 6.92 Å². The van der Waals surface area contributed by atoms with E-state index in [9.17, 15) is 36.6 Å². The number of halogens is 6. The summed E-state index contributed by atoms with van der Waals surface area (Å²) in [6, 6.07) is 5.73. The van der Waals surface area contributed by atoms with E-state index in [1.54, 1.807) is 13.8 Å². The molecule has 0 amide bonds. The number of alkyl halides is 6. The molecule has 40 heavy (non-hydrogen) atoms. The van der Waals surface area contributed by atoms with Gasteiger partial charge in [0, 0.05) is 17.5 Å². The number of nitrogens with zero attached hydrogens (tertiary/aromatic N) is 2. The smallest absolute Gasteiger partial charge is 0.418 e. The Kier molecular flexibility index (Phi) is 6.91. The van der Waals surface area contributed by atoms with E-state index >= 15 is 0 Å². The van der Waals surface area contributed by atoms with Crippen molar-refractivity contribution >= 4 is 10.9 Å². The quantitative estimate of drug-likeness (QED) is 0.334. The summed E-state index contributed by atoms with van der Waals surface area (Å²) in [6.45, 7) is 4.99. The summed E-state index contributed by atoms with van der Waals surface area (Å²) >= 11 is 0. The molecular weight excluding hydrogens is 540 g/mol. The van der Waals surface area contributed by atoms with Crippen LogP contribution >= 0.6 is 0 Å². The van der Waals surface area contributed by atoms with Crippen molar-refractivity contribution in [2.75, 3.05) is 6.61 Å². The van der Waals surface area contributed by atoms with Gasteiger partial charge in [0.25, 0.3) is 0 Å². The van der Waals surface area contributed by atoms with E-state index in [4.69, 9.17) is 4.74 Å². The summed E-state index contributed by atoms with van der Waals surface area (Å²) in [4.78, 5) is 0. The monoisotopic (exact) mass is 571 g/mol. The first-order chi connectivity index (χ1) is 18.5. The second-order valence-corrected chi connectivity index (χ2v) is 11.5. The number of aromatic nitrogens is 2. The molecule has 2 fully saturated rings. The van der Waals surface area contributed by atoms with Crippen molar-refractivity contribution in [3.8, 4) is 5.75 Å². The van der Waals surface area contributed by atoms with Crippen molar-refractivity contribution in [3.63, 3.8) is 0 Å². The van der Waals surface area contributed by atoms with Crippen molar-refractivity contribution in [1.82, 2.24) is 15.1 Å². The number of hydrogen-bond donors (Lipinski definition) is 3. The summed E-state index contributed by atoms with van der Waals surface area (Å²) in [5.41, 5.74) is -3.41. The number of nitrogens with one attached hydrogen (secondary N) is 1. The van der Waals surface area contributed by atoms with E-state index in [0.717, 1.165) is 18.2 Å². The minimum atomic E-state index is -4.69. The normalized spacial score (nSPS) is 29.4. The highest BCUT2D eigenvalue weighted by atomic mass is 19.4. The van der Waals surface area contributed by atoms with Crippen LogP contribution in [-0.2, 0) is 18.0 Å². The minimum Gasteiger partial charge on any atom is -0.492 e. The Hall–Kier alpha value is -2.83. The number of piperidine rings is 1. The molecule has 3 unspecified atom stereocenters. The number of rotatable bonds is 5. The van der Waals surface area contributed by atoms with Gasteiger partial charge in [-0.25, -0.2) is 0 Å². The molecule has 1 aliphatic carbocycles. The Balaban J connectivity index is 1.38. The van der Waals surface area contributed by atoms with Gasteiger partial charge in [-0.15, -0.1) is 0 Å². The number of ether oxygens (including phenoxy) is 1. The second kappa shape index (κ2) is 9.63. The molecule has 3 aromatic rings. The molecule has 2 aliphatic rings. The van der Waals surface area contributed by atoms with Gasteiger partial charge in [0.1, 0.15) is 12.4 Å². The maximum atomic E-state index is 14.2. The molecule has 2 heterocycles. The van der Waals surface area contributed by atoms with Crippen LogP contribution in [0.5, 0.6) is 5.75 Å². The van der Waals surface area contributed by atoms with Crippen molar-refractivity contribution in [1.29, 1.82) is 0 Å². The molecule has 3 atom stereocenters. The van der Waals surface area contributed by atoms with Gasteiger partial charge in [0.15, 0.2) is 0 Å². The van der Waals surface area contributed by atoms with Crippen molar-refractivity contribution in [2.24, 2.45) is 0 Å². The summed E-state index contributed by atoms with van der Waals surface area (Å²) in [6.07, 6.45) is -8.25. The summed E-state index contributed by atoms with van der Waals surface area (Å²) in [5.74, 6) is -0.0128. The zero-order chi connectivity index (χ0) is 29.3. The van der Waals surface area contributed by atoms with Crippen LogP contribution < -0.4 is 10.1 Å². The number of benzene rings is 2. The molecule has 0 radical (unpaired) electrons. The fourth-order valence-electron chi connectivity index (χ4n) is 6.11. The van der Waals surface area contributed by atoms with E-state index in [1.807, 2.05) is 6.92 Å². The molecule has 12 heteroatoms. The third kappa shape index (κ3) is 5.53. The third-order valence-electron chi connectivity index (χ3n) is 7.91. The van der Waals surface area contributed by atoms with Crippen LogP contribution in [0.3, 0.4) is 0 Å². The van der Waals surface area contributed by atoms with Gasteiger partial charge in [0.05, 0.1) is 39.6 Å². The molecule has 218 valence electrons. The number of aliphatic hydroxyl groups is 2. The van der Waals surface area contributed by atoms with E-state index in [0.29, 0.717) is 29.5 Å². The third-order valence-corrected chi connectivity index (χ3v) is 7.91. The van der Waals surface area contributed by atoms with Gasteiger partial charge in [0.2, 0.25) is 0 Å². The topological polar surface area (TPSA) is 79.5 Å². The highest BCUT2D eigenvalue weighted by molar-refractivity contribution is 5.87. The van der Waals surface area contributed by atoms with E-state index in [1.165, 1.54) is 22.9 Å². The van der Waals surface area contributed by atoms with E-state index in [2.05, 4.69) is 10.4 Å². The standard InChI is InChI=1S/C28H31F6N3O3/c1-15-10-26(39,17-4-6-18(7-5-17)27(29,30)31)11-19(35-15)14-40-21-8-22-16(2)36-37(20-12-25(3,38)13-20)24(22)23(9-21)28(32,33)34/h4-9,15,19-20,35,38-39H,10-14H2,1-3H3. The number of hydrogen-bond acceptors (Lipinski definition) is 5. The first-order valence-electron chi connectivity index (χ1n) is 13.1. The largest absolute Gasteiger partial charge is 0.492 e. The van der Waals surface area contributed by atoms with Crippen LogP contribution in [-0.4, -0.2) is 44.3 Å². The lowest BCUT2D eigenvalue weighted by Crippen LogP contribution is -2.53. The van der Waals surface area contributed by atoms with Gasteiger partial charge in [-0.2, -0.15) is 31.4 Å². The highest BCUT2D eigenvalue weighted by Crippen LogP contribution is 2.46. The van der Waals surface area contributed by atoms with Crippen molar-refractivity contribution < 1.29 is 41.3 Å². The Bertz CT molecular complexity index is 1390. The molecule has 1 aromatic heterocycles. The van der Waals surface area contributed by atoms with Gasteiger partial charge in [-0.3, -0.25) is 4.68 Å². The SMILES string of the molecule is Cc1nn(C2CC(C)(O)C2)c2c(C(F)(F)F)cc(OCC3CC(O)(c4ccc(C(F)(F)F)cc4)CC(C)N3)cc12. The molecule has 0 spiro atoms. The van der Waals surface area contributed by atoms with Crippen LogP contribution in [0.2, 0.25) is 0 Å². The van der Waals surface area contributed by atoms with Crippen LogP contribution in [0.25, 0.3) is 10.9 Å². The fraction of sp³-hybridized carbons (Fsp3) is 0.536. The Morgan fingerprint density at radius 2 is 1.65 bits per heavy atom. The van der Waals surface area contributed by atoms with Gasteiger partial charge < -0.3 is 20.3 Å². The molecule has 5 rings (SSSR count). The maximum Gasteiger partial charge on any atom is 0.418 e. The Morgan fingerprint density at radius 3 is 2.23 bits per heavy atom. The second-order valence-electron chi connectivity index (χ2n) is 11.5. The maximum absolute atomic E-state index is 14.2. The average Bonchev–Trinajstić information content (AvgIpc) is 3.15. The number of fused-ring (bicyclic) bond motifs is 1. The average molecular weight is 572 g/mol. The predicted molar refractivity (Wildman–Crippen MR) is 135 cm³/mol. The van der Waals surface area contributed by atoms with Crippen LogP contribution in [0.4, 0.5) is 26.3 Å². The first-order valence-corrected chi connectivity index (χ1v) is 13.1. The van der Waals surface area contributed by atoms with Crippen molar-refractivity contribution in [3.05, 3.63) is 58.8 Å². The number of aryl methyl sites for hydroxylation is 1. The molecule has 1 saturated carbocycles. The fourth-order valence-corrected chi connectivity index (χ4v) is 6.11. The first kappa shape index (κ1) is 28.7. The predicted octanol–water partition coefficient (Wildman–Crippen LogP) is 5.88.